The molecule has 4 rings (SSSR count). The molecule has 0 N–H and O–H groups in total. The molecule has 1 atom stereocenters. The first-order valence-electron chi connectivity index (χ1n) is 9.14. The minimum absolute atomic E-state index is 0.176. The molecular formula is C20H20N4O3S2. The summed E-state index contributed by atoms with van der Waals surface area (Å²) in [5.41, 5.74) is 2.53. The number of nitrogens with zero attached hydrogens (tertiary/aromatic N) is 4. The molecular weight excluding hydrogens is 408 g/mol. The van der Waals surface area contributed by atoms with Crippen molar-refractivity contribution in [1.82, 2.24) is 14.3 Å². The number of esters is 1. The number of thiazole rings is 1. The number of carbonyl (C=O) groups excluding carboxylic acids is 1. The number of aromatic nitrogens is 3. The van der Waals surface area contributed by atoms with E-state index in [1.807, 2.05) is 43.8 Å². The minimum Gasteiger partial charge on any atom is -0.463 e. The van der Waals surface area contributed by atoms with Crippen molar-refractivity contribution in [3.05, 3.63) is 70.8 Å². The summed E-state index contributed by atoms with van der Waals surface area (Å²) in [6.45, 7) is 5.71. The third-order valence-electron chi connectivity index (χ3n) is 4.67. The summed E-state index contributed by atoms with van der Waals surface area (Å²) in [6.07, 6.45) is 3.71. The Morgan fingerprint density at radius 3 is 2.79 bits per heavy atom. The number of carbonyl (C=O) groups is 1. The Labute approximate surface area is 174 Å². The smallest absolute Gasteiger partial charge is 0.338 e. The van der Waals surface area contributed by atoms with Crippen LogP contribution in [0.25, 0.3) is 6.08 Å². The maximum atomic E-state index is 13.4. The number of fused-ring (bicyclic) bond motifs is 1. The summed E-state index contributed by atoms with van der Waals surface area (Å²) in [6, 6.07) is 3.30. The summed E-state index contributed by atoms with van der Waals surface area (Å²) < 4.78 is 9.15. The summed E-state index contributed by atoms with van der Waals surface area (Å²) in [7, 11) is 1.84. The largest absolute Gasteiger partial charge is 0.463 e. The van der Waals surface area contributed by atoms with Gasteiger partial charge in [-0.15, -0.1) is 11.3 Å². The van der Waals surface area contributed by atoms with Gasteiger partial charge in [0.1, 0.15) is 6.04 Å². The molecule has 1 unspecified atom stereocenters. The topological polar surface area (TPSA) is 78.5 Å². The Morgan fingerprint density at radius 1 is 1.38 bits per heavy atom. The number of hydrogen-bond donors (Lipinski definition) is 0. The highest BCUT2D eigenvalue weighted by atomic mass is 32.1. The van der Waals surface area contributed by atoms with Gasteiger partial charge >= 0.3 is 5.97 Å². The number of thiophene rings is 1. The average molecular weight is 429 g/mol. The van der Waals surface area contributed by atoms with E-state index >= 15 is 0 Å². The van der Waals surface area contributed by atoms with Gasteiger partial charge in [0.05, 0.1) is 28.1 Å². The minimum atomic E-state index is -0.539. The lowest BCUT2D eigenvalue weighted by atomic mass is 10.0. The first kappa shape index (κ1) is 19.5. The molecule has 150 valence electrons. The van der Waals surface area contributed by atoms with E-state index in [4.69, 9.17) is 4.74 Å². The second-order valence-electron chi connectivity index (χ2n) is 6.66. The first-order valence-corrected chi connectivity index (χ1v) is 10.8. The maximum Gasteiger partial charge on any atom is 0.338 e. The molecule has 0 spiro atoms. The van der Waals surface area contributed by atoms with Gasteiger partial charge in [-0.25, -0.2) is 9.79 Å². The zero-order chi connectivity index (χ0) is 20.7. The van der Waals surface area contributed by atoms with E-state index in [0.29, 0.717) is 20.6 Å². The molecule has 7 nitrogen and oxygen atoms in total. The number of hydrogen-bond acceptors (Lipinski definition) is 7. The average Bonchev–Trinajstić information content (AvgIpc) is 3.36. The van der Waals surface area contributed by atoms with Crippen molar-refractivity contribution in [2.75, 3.05) is 6.61 Å². The predicted octanol–water partition coefficient (Wildman–Crippen LogP) is 1.90. The van der Waals surface area contributed by atoms with Gasteiger partial charge in [0.15, 0.2) is 4.80 Å². The van der Waals surface area contributed by atoms with Crippen LogP contribution in [-0.4, -0.2) is 26.9 Å². The summed E-state index contributed by atoms with van der Waals surface area (Å²) in [5, 5.41) is 6.27. The van der Waals surface area contributed by atoms with Crippen LogP contribution in [0.4, 0.5) is 0 Å². The lowest BCUT2D eigenvalue weighted by Crippen LogP contribution is -2.39. The summed E-state index contributed by atoms with van der Waals surface area (Å²) in [4.78, 5) is 32.1. The Kier molecular flexibility index (Phi) is 5.10. The lowest BCUT2D eigenvalue weighted by Gasteiger charge is -2.23. The van der Waals surface area contributed by atoms with E-state index in [0.717, 1.165) is 16.1 Å². The van der Waals surface area contributed by atoms with Crippen LogP contribution in [0.3, 0.4) is 0 Å². The van der Waals surface area contributed by atoms with E-state index < -0.39 is 12.0 Å². The fraction of sp³-hybridized carbons (Fsp3) is 0.300. The summed E-state index contributed by atoms with van der Waals surface area (Å²) >= 11 is 2.82. The standard InChI is InChI=1S/C20H20N4O3S2/c1-5-27-19(26)16-12(3)21-20-24(17(16)14-7-6-8-28-14)18(25)15(29-20)9-13-10-23(4)22-11(13)2/h6-10,17H,5H2,1-4H3. The molecule has 1 aliphatic heterocycles. The zero-order valence-electron chi connectivity index (χ0n) is 16.5. The van der Waals surface area contributed by atoms with Crippen molar-refractivity contribution in [3.63, 3.8) is 0 Å². The highest BCUT2D eigenvalue weighted by Crippen LogP contribution is 2.33. The number of ether oxygens (including phenoxy) is 1. The molecule has 3 aromatic rings. The van der Waals surface area contributed by atoms with Crippen LogP contribution >= 0.6 is 22.7 Å². The molecule has 29 heavy (non-hydrogen) atoms. The predicted molar refractivity (Wildman–Crippen MR) is 113 cm³/mol. The Morgan fingerprint density at radius 2 is 2.17 bits per heavy atom. The van der Waals surface area contributed by atoms with Gasteiger partial charge in [0, 0.05) is 23.7 Å². The molecule has 0 bridgehead atoms. The molecule has 0 radical (unpaired) electrons. The second-order valence-corrected chi connectivity index (χ2v) is 8.65. The number of rotatable bonds is 4. The zero-order valence-corrected chi connectivity index (χ0v) is 18.1. The normalized spacial score (nSPS) is 16.7. The van der Waals surface area contributed by atoms with E-state index in [1.165, 1.54) is 22.7 Å². The van der Waals surface area contributed by atoms with Crippen LogP contribution in [0, 0.1) is 6.92 Å². The van der Waals surface area contributed by atoms with Crippen molar-refractivity contribution < 1.29 is 9.53 Å². The fourth-order valence-electron chi connectivity index (χ4n) is 3.41. The molecule has 4 heterocycles. The van der Waals surface area contributed by atoms with Gasteiger partial charge in [-0.2, -0.15) is 5.10 Å². The third kappa shape index (κ3) is 3.40. The lowest BCUT2D eigenvalue weighted by molar-refractivity contribution is -0.139. The van der Waals surface area contributed by atoms with Crippen LogP contribution in [0.15, 0.2) is 44.8 Å². The van der Waals surface area contributed by atoms with Gasteiger partial charge in [-0.05, 0) is 38.3 Å². The molecule has 1 aliphatic rings. The molecule has 3 aromatic heterocycles. The quantitative estimate of drug-likeness (QED) is 0.595. The van der Waals surface area contributed by atoms with Crippen molar-refractivity contribution >= 4 is 34.7 Å². The van der Waals surface area contributed by atoms with Gasteiger partial charge in [0.2, 0.25) is 0 Å². The van der Waals surface area contributed by atoms with E-state index in [-0.39, 0.29) is 12.2 Å². The van der Waals surface area contributed by atoms with Gasteiger partial charge < -0.3 is 4.74 Å². The first-order chi connectivity index (χ1) is 13.9. The van der Waals surface area contributed by atoms with E-state index in [1.54, 1.807) is 23.1 Å². The van der Waals surface area contributed by atoms with Crippen LogP contribution in [-0.2, 0) is 16.6 Å². The van der Waals surface area contributed by atoms with E-state index in [9.17, 15) is 9.59 Å². The van der Waals surface area contributed by atoms with Gasteiger partial charge in [0.25, 0.3) is 5.56 Å². The van der Waals surface area contributed by atoms with Crippen LogP contribution < -0.4 is 14.9 Å². The fourth-order valence-corrected chi connectivity index (χ4v) is 5.27. The van der Waals surface area contributed by atoms with Crippen molar-refractivity contribution in [2.24, 2.45) is 12.0 Å². The van der Waals surface area contributed by atoms with Crippen LogP contribution in [0.2, 0.25) is 0 Å². The number of aryl methyl sites for hydroxylation is 2. The maximum absolute atomic E-state index is 13.4. The van der Waals surface area contributed by atoms with Crippen molar-refractivity contribution in [3.8, 4) is 0 Å². The van der Waals surface area contributed by atoms with Gasteiger partial charge in [-0.3, -0.25) is 14.0 Å². The van der Waals surface area contributed by atoms with Gasteiger partial charge in [-0.1, -0.05) is 17.4 Å². The number of allylic oxidation sites excluding steroid dienone is 1. The molecule has 0 amide bonds. The summed E-state index contributed by atoms with van der Waals surface area (Å²) in [5.74, 6) is -0.440. The molecule has 0 aliphatic carbocycles. The molecule has 9 heteroatoms. The molecule has 0 fully saturated rings. The van der Waals surface area contributed by atoms with Crippen molar-refractivity contribution in [1.29, 1.82) is 0 Å². The Hall–Kier alpha value is -2.78. The monoisotopic (exact) mass is 428 g/mol. The second kappa shape index (κ2) is 7.57. The SMILES string of the molecule is CCOC(=O)C1=C(C)N=c2sc(=Cc3cn(C)nc3C)c(=O)n2C1c1cccs1. The van der Waals surface area contributed by atoms with E-state index in [2.05, 4.69) is 10.1 Å². The Balaban J connectivity index is 1.96. The highest BCUT2D eigenvalue weighted by Gasteiger charge is 2.33. The van der Waals surface area contributed by atoms with Crippen LogP contribution in [0.1, 0.15) is 36.0 Å². The van der Waals surface area contributed by atoms with Crippen molar-refractivity contribution in [2.45, 2.75) is 26.8 Å². The highest BCUT2D eigenvalue weighted by molar-refractivity contribution is 7.10. The third-order valence-corrected chi connectivity index (χ3v) is 6.58. The molecule has 0 saturated carbocycles. The Bertz CT molecular complexity index is 1290. The molecule has 0 saturated heterocycles. The van der Waals surface area contributed by atoms with Crippen LogP contribution in [0.5, 0.6) is 0 Å². The molecule has 0 aromatic carbocycles.